The lowest BCUT2D eigenvalue weighted by atomic mass is 9.71. The van der Waals surface area contributed by atoms with Crippen molar-refractivity contribution in [3.8, 4) is 11.5 Å². The number of amides is 1. The molecule has 2 aliphatic heterocycles. The molecule has 1 spiro atoms. The predicted octanol–water partition coefficient (Wildman–Crippen LogP) is 4.66. The van der Waals surface area contributed by atoms with Crippen LogP contribution >= 0.6 is 11.6 Å². The number of aromatic nitrogens is 1. The van der Waals surface area contributed by atoms with Crippen LogP contribution in [0.3, 0.4) is 0 Å². The van der Waals surface area contributed by atoms with Crippen LogP contribution in [0, 0.1) is 5.82 Å². The highest BCUT2D eigenvalue weighted by Gasteiger charge is 2.60. The van der Waals surface area contributed by atoms with Crippen molar-refractivity contribution in [1.82, 2.24) is 3.97 Å². The van der Waals surface area contributed by atoms with Gasteiger partial charge in [-0.1, -0.05) is 35.9 Å². The SMILES string of the molecule is CN1C(=O)[C@]2(c3cc(Cl)ccc3Oc3c2n(S(C)(=O)=O)c2ccccc32)c2cccc(F)c21. The fourth-order valence-corrected chi connectivity index (χ4v) is 6.43. The van der Waals surface area contributed by atoms with E-state index in [1.165, 1.54) is 24.1 Å². The Hall–Kier alpha value is -3.36. The highest BCUT2D eigenvalue weighted by molar-refractivity contribution is 7.89. The van der Waals surface area contributed by atoms with Gasteiger partial charge in [-0.3, -0.25) is 4.79 Å². The molecule has 9 heteroatoms. The number of halogens is 2. The molecule has 0 unspecified atom stereocenters. The number of rotatable bonds is 1. The number of ether oxygens (including phenoxy) is 1. The zero-order valence-electron chi connectivity index (χ0n) is 17.5. The summed E-state index contributed by atoms with van der Waals surface area (Å²) in [4.78, 5) is 15.4. The Morgan fingerprint density at radius 3 is 2.55 bits per heavy atom. The van der Waals surface area contributed by atoms with E-state index in [0.29, 0.717) is 32.8 Å². The van der Waals surface area contributed by atoms with Gasteiger partial charge in [0, 0.05) is 28.6 Å². The van der Waals surface area contributed by atoms with Crippen LogP contribution in [0.4, 0.5) is 10.1 Å². The Bertz CT molecular complexity index is 1650. The highest BCUT2D eigenvalue weighted by Crippen LogP contribution is 2.60. The van der Waals surface area contributed by atoms with Crippen molar-refractivity contribution >= 4 is 44.1 Å². The third-order valence-electron chi connectivity index (χ3n) is 6.38. The molecule has 0 bridgehead atoms. The monoisotopic (exact) mass is 482 g/mol. The first-order valence-electron chi connectivity index (χ1n) is 10.1. The van der Waals surface area contributed by atoms with E-state index in [9.17, 15) is 13.2 Å². The van der Waals surface area contributed by atoms with Crippen LogP contribution in [-0.4, -0.2) is 31.6 Å². The smallest absolute Gasteiger partial charge is 0.248 e. The van der Waals surface area contributed by atoms with Crippen LogP contribution in [0.1, 0.15) is 16.8 Å². The van der Waals surface area contributed by atoms with Crippen molar-refractivity contribution in [1.29, 1.82) is 0 Å². The summed E-state index contributed by atoms with van der Waals surface area (Å²) in [7, 11) is -2.44. The molecule has 6 rings (SSSR count). The summed E-state index contributed by atoms with van der Waals surface area (Å²) in [6.45, 7) is 0. The Kier molecular flexibility index (Phi) is 3.91. The molecule has 1 aromatic heterocycles. The highest BCUT2D eigenvalue weighted by atomic mass is 35.5. The van der Waals surface area contributed by atoms with E-state index in [2.05, 4.69) is 0 Å². The molecule has 0 aliphatic carbocycles. The largest absolute Gasteiger partial charge is 0.454 e. The maximum Gasteiger partial charge on any atom is 0.248 e. The van der Waals surface area contributed by atoms with Crippen molar-refractivity contribution in [3.05, 3.63) is 88.3 Å². The lowest BCUT2D eigenvalue weighted by molar-refractivity contribution is -0.120. The minimum absolute atomic E-state index is 0.0894. The molecule has 2 aliphatic rings. The number of nitrogens with zero attached hydrogens (tertiary/aromatic N) is 2. The Morgan fingerprint density at radius 2 is 1.79 bits per heavy atom. The van der Waals surface area contributed by atoms with Gasteiger partial charge >= 0.3 is 0 Å². The number of carbonyl (C=O) groups excluding carboxylic acids is 1. The Morgan fingerprint density at radius 1 is 1.03 bits per heavy atom. The van der Waals surface area contributed by atoms with E-state index in [1.807, 2.05) is 0 Å². The molecule has 0 saturated carbocycles. The quantitative estimate of drug-likeness (QED) is 0.396. The second-order valence-electron chi connectivity index (χ2n) is 8.21. The van der Waals surface area contributed by atoms with Gasteiger partial charge < -0.3 is 9.64 Å². The van der Waals surface area contributed by atoms with Crippen LogP contribution < -0.4 is 9.64 Å². The number of para-hydroxylation sites is 2. The Labute approximate surface area is 193 Å². The summed E-state index contributed by atoms with van der Waals surface area (Å²) < 4.78 is 48.7. The molecule has 4 aromatic rings. The van der Waals surface area contributed by atoms with Crippen LogP contribution in [0.25, 0.3) is 10.9 Å². The van der Waals surface area contributed by atoms with Gasteiger partial charge in [-0.15, -0.1) is 0 Å². The van der Waals surface area contributed by atoms with Gasteiger partial charge in [0.1, 0.15) is 17.3 Å². The third kappa shape index (κ3) is 2.37. The molecule has 0 radical (unpaired) electrons. The molecular weight excluding hydrogens is 467 g/mol. The zero-order chi connectivity index (χ0) is 23.3. The molecule has 33 heavy (non-hydrogen) atoms. The van der Waals surface area contributed by atoms with Crippen LogP contribution in [0.5, 0.6) is 11.5 Å². The number of hydrogen-bond donors (Lipinski definition) is 0. The van der Waals surface area contributed by atoms with Gasteiger partial charge in [0.2, 0.25) is 15.9 Å². The van der Waals surface area contributed by atoms with Crippen molar-refractivity contribution in [3.63, 3.8) is 0 Å². The fourth-order valence-electron chi connectivity index (χ4n) is 5.19. The Balaban J connectivity index is 1.92. The maximum absolute atomic E-state index is 15.0. The molecule has 3 aromatic carbocycles. The third-order valence-corrected chi connectivity index (χ3v) is 7.66. The topological polar surface area (TPSA) is 68.6 Å². The van der Waals surface area contributed by atoms with E-state index in [4.69, 9.17) is 16.3 Å². The summed E-state index contributed by atoms with van der Waals surface area (Å²) in [5.41, 5.74) is -0.424. The number of hydrogen-bond acceptors (Lipinski definition) is 4. The van der Waals surface area contributed by atoms with E-state index in [0.717, 1.165) is 10.2 Å². The van der Waals surface area contributed by atoms with Gasteiger partial charge in [-0.05, 0) is 36.4 Å². The number of likely N-dealkylation sites (N-methyl/N-ethyl adjacent to an activating group) is 1. The van der Waals surface area contributed by atoms with Crippen molar-refractivity contribution in [2.24, 2.45) is 0 Å². The number of fused-ring (bicyclic) bond motifs is 8. The minimum atomic E-state index is -3.92. The van der Waals surface area contributed by atoms with E-state index in [-0.39, 0.29) is 17.1 Å². The lowest BCUT2D eigenvalue weighted by Gasteiger charge is -2.35. The standard InChI is InChI=1S/C24H16ClFN2O4S/c1-27-20-15(7-5-8-17(20)26)24(23(27)29)16-12-13(25)10-11-19(16)32-21-14-6-3-4-9-18(14)28(22(21)24)33(2,30)31/h3-12H,1-2H3/t24-/m0/s1. The van der Waals surface area contributed by atoms with Crippen LogP contribution in [-0.2, 0) is 20.2 Å². The summed E-state index contributed by atoms with van der Waals surface area (Å²) in [6.07, 6.45) is 1.07. The average Bonchev–Trinajstić information content (AvgIpc) is 3.22. The first-order valence-corrected chi connectivity index (χ1v) is 12.3. The number of carbonyl (C=O) groups is 1. The van der Waals surface area contributed by atoms with Gasteiger partial charge in [-0.25, -0.2) is 16.8 Å². The summed E-state index contributed by atoms with van der Waals surface area (Å²) in [6, 6.07) is 16.1. The summed E-state index contributed by atoms with van der Waals surface area (Å²) >= 11 is 6.34. The molecular formula is C24H16ClFN2O4S. The van der Waals surface area contributed by atoms with Gasteiger partial charge in [0.25, 0.3) is 0 Å². The molecule has 0 N–H and O–H groups in total. The van der Waals surface area contributed by atoms with Crippen molar-refractivity contribution < 1.29 is 22.3 Å². The fraction of sp³-hybridized carbons (Fsp3) is 0.125. The zero-order valence-corrected chi connectivity index (χ0v) is 19.0. The van der Waals surface area contributed by atoms with Crippen molar-refractivity contribution in [2.45, 2.75) is 5.41 Å². The lowest BCUT2D eigenvalue weighted by Crippen LogP contribution is -2.44. The van der Waals surface area contributed by atoms with Gasteiger partial charge in [-0.2, -0.15) is 0 Å². The van der Waals surface area contributed by atoms with Crippen LogP contribution in [0.15, 0.2) is 60.7 Å². The summed E-state index contributed by atoms with van der Waals surface area (Å²) in [5, 5.41) is 0.862. The van der Waals surface area contributed by atoms with E-state index >= 15 is 4.39 Å². The molecule has 1 atom stereocenters. The molecule has 166 valence electrons. The first kappa shape index (κ1) is 20.3. The minimum Gasteiger partial charge on any atom is -0.454 e. The van der Waals surface area contributed by atoms with Crippen LogP contribution in [0.2, 0.25) is 5.02 Å². The number of anilines is 1. The normalized spacial score (nSPS) is 18.9. The van der Waals surface area contributed by atoms with Crippen molar-refractivity contribution in [2.75, 3.05) is 18.2 Å². The molecule has 3 heterocycles. The van der Waals surface area contributed by atoms with Gasteiger partial charge in [0.15, 0.2) is 11.2 Å². The molecule has 6 nitrogen and oxygen atoms in total. The van der Waals surface area contributed by atoms with E-state index < -0.39 is 27.2 Å². The predicted molar refractivity (Wildman–Crippen MR) is 123 cm³/mol. The molecule has 0 fully saturated rings. The summed E-state index contributed by atoms with van der Waals surface area (Å²) in [5.74, 6) is -0.492. The average molecular weight is 483 g/mol. The second-order valence-corrected chi connectivity index (χ2v) is 10.5. The first-order chi connectivity index (χ1) is 15.7. The second kappa shape index (κ2) is 6.36. The van der Waals surface area contributed by atoms with Gasteiger partial charge in [0.05, 0.1) is 17.5 Å². The number of benzene rings is 3. The maximum atomic E-state index is 15.0. The molecule has 0 saturated heterocycles. The van der Waals surface area contributed by atoms with E-state index in [1.54, 1.807) is 48.5 Å². The molecule has 1 amide bonds.